The minimum Gasteiger partial charge on any atom is -0.212 e. The molecule has 0 N–H and O–H groups in total. The van der Waals surface area contributed by atoms with Gasteiger partial charge in [-0.3, -0.25) is 0 Å². The minimum atomic E-state index is -0.312. The van der Waals surface area contributed by atoms with Gasteiger partial charge in [0.05, 0.1) is 11.2 Å². The van der Waals surface area contributed by atoms with Crippen LogP contribution in [0.3, 0.4) is 0 Å². The van der Waals surface area contributed by atoms with E-state index in [0.717, 1.165) is 11.0 Å². The molecule has 3 rings (SSSR count). The number of hydrogen-bond acceptors (Lipinski definition) is 2. The number of hydrogen-bond donors (Lipinski definition) is 0. The third-order valence-corrected chi connectivity index (χ3v) is 2.33. The van der Waals surface area contributed by atoms with E-state index in [1.54, 1.807) is 4.68 Å². The maximum atomic E-state index is 13.1. The summed E-state index contributed by atoms with van der Waals surface area (Å²) >= 11 is 0. The van der Waals surface area contributed by atoms with Gasteiger partial charge in [0.15, 0.2) is 0 Å². The molecule has 0 atom stereocenters. The zero-order valence-electron chi connectivity index (χ0n) is 8.26. The highest BCUT2D eigenvalue weighted by molar-refractivity contribution is 5.75. The van der Waals surface area contributed by atoms with E-state index >= 15 is 0 Å². The number of para-hydroxylation sites is 1. The zero-order chi connectivity index (χ0) is 11.0. The molecular formula is C12H7FN3. The van der Waals surface area contributed by atoms with Crippen LogP contribution in [0.4, 0.5) is 4.39 Å². The van der Waals surface area contributed by atoms with E-state index in [4.69, 9.17) is 0 Å². The summed E-state index contributed by atoms with van der Waals surface area (Å²) in [6.45, 7) is 0. The Morgan fingerprint density at radius 2 is 2.06 bits per heavy atom. The first kappa shape index (κ1) is 9.03. The van der Waals surface area contributed by atoms with Crippen LogP contribution in [0.25, 0.3) is 16.7 Å². The first-order valence-electron chi connectivity index (χ1n) is 4.83. The lowest BCUT2D eigenvalue weighted by Crippen LogP contribution is -1.96. The fourth-order valence-electron chi connectivity index (χ4n) is 1.60. The summed E-state index contributed by atoms with van der Waals surface area (Å²) in [7, 11) is 0. The van der Waals surface area contributed by atoms with Gasteiger partial charge in [0.25, 0.3) is 0 Å². The van der Waals surface area contributed by atoms with Gasteiger partial charge in [-0.1, -0.05) is 17.3 Å². The maximum absolute atomic E-state index is 13.1. The lowest BCUT2D eigenvalue weighted by Gasteiger charge is -2.00. The number of halogens is 1. The van der Waals surface area contributed by atoms with Crippen molar-refractivity contribution < 1.29 is 4.39 Å². The van der Waals surface area contributed by atoms with Crippen LogP contribution in [-0.2, 0) is 0 Å². The zero-order valence-corrected chi connectivity index (χ0v) is 8.26. The van der Waals surface area contributed by atoms with Crippen LogP contribution in [0.15, 0.2) is 42.5 Å². The fourth-order valence-corrected chi connectivity index (χ4v) is 1.60. The molecular weight excluding hydrogens is 205 g/mol. The molecule has 0 saturated carbocycles. The largest absolute Gasteiger partial charge is 0.212 e. The molecule has 0 aliphatic rings. The average Bonchev–Trinajstić information content (AvgIpc) is 2.72. The molecule has 0 bridgehead atoms. The Morgan fingerprint density at radius 1 is 1.19 bits per heavy atom. The predicted octanol–water partition coefficient (Wildman–Crippen LogP) is 2.36. The topological polar surface area (TPSA) is 30.7 Å². The smallest absolute Gasteiger partial charge is 0.125 e. The molecule has 2 aromatic carbocycles. The molecule has 0 spiro atoms. The second-order valence-corrected chi connectivity index (χ2v) is 3.38. The normalized spacial score (nSPS) is 10.8. The summed E-state index contributed by atoms with van der Waals surface area (Å²) in [6, 6.07) is 14.7. The molecule has 0 amide bonds. The van der Waals surface area contributed by atoms with Gasteiger partial charge in [-0.05, 0) is 24.3 Å². The molecule has 1 radical (unpaired) electrons. The maximum Gasteiger partial charge on any atom is 0.125 e. The Balaban J connectivity index is 2.26. The summed E-state index contributed by atoms with van der Waals surface area (Å²) in [5.74, 6) is -0.312. The van der Waals surface area contributed by atoms with Crippen LogP contribution in [0.2, 0.25) is 0 Å². The molecule has 3 nitrogen and oxygen atoms in total. The fraction of sp³-hybridized carbons (Fsp3) is 0. The van der Waals surface area contributed by atoms with Crippen LogP contribution in [-0.4, -0.2) is 15.0 Å². The van der Waals surface area contributed by atoms with E-state index in [0.29, 0.717) is 5.69 Å². The number of nitrogens with zero attached hydrogens (tertiary/aromatic N) is 3. The lowest BCUT2D eigenvalue weighted by atomic mass is 10.3. The standard InChI is InChI=1S/C12H7FN3/c13-9-4-3-5-10(8-9)16-12-7-2-1-6-11(12)14-15-16/h1-4,6-8H. The highest BCUT2D eigenvalue weighted by Crippen LogP contribution is 2.15. The van der Waals surface area contributed by atoms with Crippen LogP contribution in [0, 0.1) is 11.9 Å². The highest BCUT2D eigenvalue weighted by Gasteiger charge is 2.05. The first-order valence-corrected chi connectivity index (χ1v) is 4.83. The van der Waals surface area contributed by atoms with E-state index in [-0.39, 0.29) is 5.82 Å². The summed E-state index contributed by atoms with van der Waals surface area (Å²) in [4.78, 5) is 0. The van der Waals surface area contributed by atoms with Crippen molar-refractivity contribution in [3.63, 3.8) is 0 Å². The SMILES string of the molecule is Fc1cc[c]c(-n2nnc3ccccc32)c1. The van der Waals surface area contributed by atoms with E-state index in [1.165, 1.54) is 18.2 Å². The third-order valence-electron chi connectivity index (χ3n) is 2.33. The van der Waals surface area contributed by atoms with Gasteiger partial charge in [0.1, 0.15) is 11.3 Å². The lowest BCUT2D eigenvalue weighted by molar-refractivity contribution is 0.625. The second kappa shape index (κ2) is 3.41. The molecule has 1 heterocycles. The average molecular weight is 212 g/mol. The molecule has 0 unspecified atom stereocenters. The van der Waals surface area contributed by atoms with Gasteiger partial charge < -0.3 is 0 Å². The van der Waals surface area contributed by atoms with Crippen LogP contribution < -0.4 is 0 Å². The molecule has 0 aliphatic carbocycles. The molecule has 77 valence electrons. The Bertz CT molecular complexity index is 645. The molecule has 1 aromatic heterocycles. The summed E-state index contributed by atoms with van der Waals surface area (Å²) < 4.78 is 14.6. The van der Waals surface area contributed by atoms with Gasteiger partial charge in [-0.15, -0.1) is 5.10 Å². The second-order valence-electron chi connectivity index (χ2n) is 3.38. The Morgan fingerprint density at radius 3 is 2.94 bits per heavy atom. The van der Waals surface area contributed by atoms with Crippen molar-refractivity contribution in [3.8, 4) is 5.69 Å². The number of fused-ring (bicyclic) bond motifs is 1. The Labute approximate surface area is 91.1 Å². The quantitative estimate of drug-likeness (QED) is 0.620. The number of rotatable bonds is 1. The van der Waals surface area contributed by atoms with Crippen molar-refractivity contribution >= 4 is 11.0 Å². The van der Waals surface area contributed by atoms with Crippen LogP contribution in [0.1, 0.15) is 0 Å². The molecule has 0 fully saturated rings. The van der Waals surface area contributed by atoms with E-state index in [2.05, 4.69) is 16.4 Å². The van der Waals surface area contributed by atoms with Gasteiger partial charge >= 0.3 is 0 Å². The van der Waals surface area contributed by atoms with Crippen molar-refractivity contribution in [2.75, 3.05) is 0 Å². The molecule has 4 heteroatoms. The summed E-state index contributed by atoms with van der Waals surface area (Å²) in [6.07, 6.45) is 0. The van der Waals surface area contributed by atoms with Crippen molar-refractivity contribution in [3.05, 3.63) is 54.3 Å². The minimum absolute atomic E-state index is 0.312. The summed E-state index contributed by atoms with van der Waals surface area (Å²) in [5, 5.41) is 7.97. The Hall–Kier alpha value is -2.23. The van der Waals surface area contributed by atoms with Crippen LogP contribution in [0.5, 0.6) is 0 Å². The van der Waals surface area contributed by atoms with E-state index < -0.39 is 0 Å². The number of aromatic nitrogens is 3. The van der Waals surface area contributed by atoms with Crippen LogP contribution >= 0.6 is 0 Å². The third kappa shape index (κ3) is 1.35. The Kier molecular flexibility index (Phi) is 1.93. The number of benzene rings is 2. The molecule has 0 aliphatic heterocycles. The van der Waals surface area contributed by atoms with Crippen molar-refractivity contribution in [2.24, 2.45) is 0 Å². The van der Waals surface area contributed by atoms with E-state index in [9.17, 15) is 4.39 Å². The van der Waals surface area contributed by atoms with Gasteiger partial charge in [-0.2, -0.15) is 0 Å². The first-order chi connectivity index (χ1) is 7.84. The van der Waals surface area contributed by atoms with Crippen molar-refractivity contribution in [1.29, 1.82) is 0 Å². The molecule has 16 heavy (non-hydrogen) atoms. The summed E-state index contributed by atoms with van der Waals surface area (Å²) in [5.41, 5.74) is 2.17. The monoisotopic (exact) mass is 212 g/mol. The van der Waals surface area contributed by atoms with E-state index in [1.807, 2.05) is 24.3 Å². The molecule has 3 aromatic rings. The van der Waals surface area contributed by atoms with Crippen molar-refractivity contribution in [1.82, 2.24) is 15.0 Å². The van der Waals surface area contributed by atoms with Crippen molar-refractivity contribution in [2.45, 2.75) is 0 Å². The molecule has 0 saturated heterocycles. The predicted molar refractivity (Wildman–Crippen MR) is 57.7 cm³/mol. The highest BCUT2D eigenvalue weighted by atomic mass is 19.1. The van der Waals surface area contributed by atoms with Gasteiger partial charge in [-0.25, -0.2) is 9.07 Å². The van der Waals surface area contributed by atoms with Gasteiger partial charge in [0.2, 0.25) is 0 Å². The van der Waals surface area contributed by atoms with Gasteiger partial charge in [0, 0.05) is 12.1 Å².